The zero-order valence-corrected chi connectivity index (χ0v) is 19.7. The topological polar surface area (TPSA) is 66.1 Å². The highest BCUT2D eigenvalue weighted by molar-refractivity contribution is 7.99. The molecule has 0 fully saturated rings. The summed E-state index contributed by atoms with van der Waals surface area (Å²) in [6, 6.07) is 8.35. The van der Waals surface area contributed by atoms with Crippen molar-refractivity contribution in [1.29, 1.82) is 0 Å². The summed E-state index contributed by atoms with van der Waals surface area (Å²) < 4.78 is 0. The molecule has 5 nitrogen and oxygen atoms in total. The number of thiophene rings is 1. The molecule has 0 radical (unpaired) electrons. The predicted octanol–water partition coefficient (Wildman–Crippen LogP) is 5.52. The Hall–Kier alpha value is -2.12. The van der Waals surface area contributed by atoms with Gasteiger partial charge in [0.25, 0.3) is 5.56 Å². The van der Waals surface area contributed by atoms with E-state index in [4.69, 9.17) is 0 Å². The minimum atomic E-state index is -0.155. The number of thioether (sulfide) groups is 1. The number of fused-ring (bicyclic) bond motifs is 1. The lowest BCUT2D eigenvalue weighted by Crippen LogP contribution is -2.33. The van der Waals surface area contributed by atoms with Crippen molar-refractivity contribution in [2.45, 2.75) is 51.6 Å². The Morgan fingerprint density at radius 3 is 2.43 bits per heavy atom. The second-order valence-corrected chi connectivity index (χ2v) is 9.47. The monoisotopic (exact) mass is 443 g/mol. The van der Waals surface area contributed by atoms with Crippen LogP contribution in [0, 0.1) is 0 Å². The molecule has 1 N–H and O–H groups in total. The molecule has 0 spiro atoms. The predicted molar refractivity (Wildman–Crippen MR) is 128 cm³/mol. The van der Waals surface area contributed by atoms with Crippen LogP contribution in [0.4, 0.5) is 0 Å². The molecule has 0 unspecified atom stereocenters. The van der Waals surface area contributed by atoms with Gasteiger partial charge in [0.05, 0.1) is 11.1 Å². The summed E-state index contributed by atoms with van der Waals surface area (Å²) in [5.41, 5.74) is 3.04. The first-order valence-electron chi connectivity index (χ1n) is 10.5. The van der Waals surface area contributed by atoms with E-state index in [1.54, 1.807) is 0 Å². The van der Waals surface area contributed by atoms with Crippen molar-refractivity contribution in [3.8, 4) is 11.1 Å². The van der Waals surface area contributed by atoms with E-state index in [2.05, 4.69) is 61.9 Å². The van der Waals surface area contributed by atoms with Crippen LogP contribution in [0.3, 0.4) is 0 Å². The highest BCUT2D eigenvalue weighted by Crippen LogP contribution is 2.32. The summed E-state index contributed by atoms with van der Waals surface area (Å²) in [5.74, 6) is 0.836. The first-order valence-corrected chi connectivity index (χ1v) is 12.3. The third kappa shape index (κ3) is 5.13. The average Bonchev–Trinajstić information content (AvgIpc) is 3.16. The molecular formula is C23H29N3O2S2. The number of nitrogens with zero attached hydrogens (tertiary/aromatic N) is 2. The number of aromatic amines is 1. The third-order valence-corrected chi connectivity index (χ3v) is 6.71. The summed E-state index contributed by atoms with van der Waals surface area (Å²) in [4.78, 5) is 35.4. The van der Waals surface area contributed by atoms with E-state index in [0.717, 1.165) is 37.1 Å². The largest absolute Gasteiger partial charge is 0.342 e. The number of nitrogens with one attached hydrogen (secondary N) is 1. The quantitative estimate of drug-likeness (QED) is 0.349. The Balaban J connectivity index is 1.80. The van der Waals surface area contributed by atoms with Crippen LogP contribution in [0.5, 0.6) is 0 Å². The van der Waals surface area contributed by atoms with Crippen molar-refractivity contribution in [1.82, 2.24) is 14.9 Å². The standard InChI is InChI=1S/C23H29N3O2S2/c1-5-11-26(12-6-2)19(27)14-30-23-24-21(28)20-18(13-29-22(20)25-23)17-9-7-16(8-10-17)15(3)4/h7-10,13,15H,5-6,11-12,14H2,1-4H3,(H,24,25,28). The number of carbonyl (C=O) groups excluding carboxylic acids is 1. The second kappa shape index (κ2) is 10.3. The lowest BCUT2D eigenvalue weighted by molar-refractivity contribution is -0.128. The molecule has 0 saturated carbocycles. The maximum absolute atomic E-state index is 12.8. The molecule has 0 saturated heterocycles. The lowest BCUT2D eigenvalue weighted by Gasteiger charge is -2.21. The van der Waals surface area contributed by atoms with E-state index < -0.39 is 0 Å². The number of amides is 1. The molecule has 7 heteroatoms. The molecule has 3 rings (SSSR count). The van der Waals surface area contributed by atoms with Crippen LogP contribution in [0.25, 0.3) is 21.3 Å². The molecule has 0 bridgehead atoms. The fourth-order valence-electron chi connectivity index (χ4n) is 3.38. The summed E-state index contributed by atoms with van der Waals surface area (Å²) in [6.07, 6.45) is 1.88. The first kappa shape index (κ1) is 22.6. The first-order chi connectivity index (χ1) is 14.4. The van der Waals surface area contributed by atoms with Gasteiger partial charge in [-0.2, -0.15) is 0 Å². The molecule has 0 aliphatic carbocycles. The molecular weight excluding hydrogens is 414 g/mol. The van der Waals surface area contributed by atoms with Crippen LogP contribution >= 0.6 is 23.1 Å². The fourth-order valence-corrected chi connectivity index (χ4v) is 5.15. The van der Waals surface area contributed by atoms with Crippen LogP contribution in [0.1, 0.15) is 52.0 Å². The fraction of sp³-hybridized carbons (Fsp3) is 0.435. The summed E-state index contributed by atoms with van der Waals surface area (Å²) >= 11 is 2.76. The van der Waals surface area contributed by atoms with Crippen LogP contribution in [-0.2, 0) is 4.79 Å². The van der Waals surface area contributed by atoms with Gasteiger partial charge in [-0.1, -0.05) is 63.7 Å². The van der Waals surface area contributed by atoms with Crippen molar-refractivity contribution < 1.29 is 4.79 Å². The van der Waals surface area contributed by atoms with Gasteiger partial charge in [-0.3, -0.25) is 9.59 Å². The van der Waals surface area contributed by atoms with Crippen molar-refractivity contribution in [3.05, 3.63) is 45.6 Å². The Morgan fingerprint density at radius 2 is 1.83 bits per heavy atom. The number of hydrogen-bond donors (Lipinski definition) is 1. The number of aromatic nitrogens is 2. The van der Waals surface area contributed by atoms with Crippen LogP contribution in [0.2, 0.25) is 0 Å². The molecule has 2 aromatic heterocycles. The van der Waals surface area contributed by atoms with Crippen LogP contribution < -0.4 is 5.56 Å². The zero-order chi connectivity index (χ0) is 21.7. The number of H-pyrrole nitrogens is 1. The molecule has 0 atom stereocenters. The molecule has 30 heavy (non-hydrogen) atoms. The zero-order valence-electron chi connectivity index (χ0n) is 18.0. The highest BCUT2D eigenvalue weighted by Gasteiger charge is 2.16. The van der Waals surface area contributed by atoms with Crippen LogP contribution in [-0.4, -0.2) is 39.6 Å². The van der Waals surface area contributed by atoms with Crippen molar-refractivity contribution in [3.63, 3.8) is 0 Å². The number of hydrogen-bond acceptors (Lipinski definition) is 5. The van der Waals surface area contributed by atoms with Gasteiger partial charge in [-0.25, -0.2) is 4.98 Å². The summed E-state index contributed by atoms with van der Waals surface area (Å²) in [7, 11) is 0. The minimum absolute atomic E-state index is 0.0866. The van der Waals surface area contributed by atoms with E-state index in [0.29, 0.717) is 21.3 Å². The number of carbonyl (C=O) groups is 1. The minimum Gasteiger partial charge on any atom is -0.342 e. The van der Waals surface area contributed by atoms with E-state index >= 15 is 0 Å². The van der Waals surface area contributed by atoms with E-state index in [-0.39, 0.29) is 17.2 Å². The van der Waals surface area contributed by atoms with Gasteiger partial charge in [-0.05, 0) is 29.9 Å². The van der Waals surface area contributed by atoms with Crippen molar-refractivity contribution in [2.75, 3.05) is 18.8 Å². The maximum Gasteiger partial charge on any atom is 0.260 e. The number of rotatable bonds is 9. The van der Waals surface area contributed by atoms with E-state index in [9.17, 15) is 9.59 Å². The van der Waals surface area contributed by atoms with E-state index in [1.165, 1.54) is 28.7 Å². The Labute approximate surface area is 185 Å². The molecule has 1 aromatic carbocycles. The highest BCUT2D eigenvalue weighted by atomic mass is 32.2. The summed E-state index contributed by atoms with van der Waals surface area (Å²) in [5, 5.41) is 3.10. The smallest absolute Gasteiger partial charge is 0.260 e. The second-order valence-electron chi connectivity index (χ2n) is 7.65. The van der Waals surface area contributed by atoms with Gasteiger partial charge >= 0.3 is 0 Å². The van der Waals surface area contributed by atoms with Crippen LogP contribution in [0.15, 0.2) is 39.6 Å². The summed E-state index contributed by atoms with van der Waals surface area (Å²) in [6.45, 7) is 10.00. The number of benzene rings is 1. The van der Waals surface area contributed by atoms with Gasteiger partial charge in [0.2, 0.25) is 5.91 Å². The Bertz CT molecular complexity index is 1050. The normalized spacial score (nSPS) is 11.4. The van der Waals surface area contributed by atoms with Gasteiger partial charge in [-0.15, -0.1) is 11.3 Å². The van der Waals surface area contributed by atoms with E-state index in [1.807, 2.05) is 10.3 Å². The molecule has 0 aliphatic heterocycles. The molecule has 3 aromatic rings. The van der Waals surface area contributed by atoms with Gasteiger partial charge in [0, 0.05) is 24.0 Å². The maximum atomic E-state index is 12.8. The van der Waals surface area contributed by atoms with Crippen molar-refractivity contribution >= 4 is 39.2 Å². The molecule has 1 amide bonds. The molecule has 160 valence electrons. The average molecular weight is 444 g/mol. The molecule has 2 heterocycles. The van der Waals surface area contributed by atoms with Crippen molar-refractivity contribution in [2.24, 2.45) is 0 Å². The Kier molecular flexibility index (Phi) is 7.72. The van der Waals surface area contributed by atoms with Gasteiger partial charge in [0.1, 0.15) is 4.83 Å². The van der Waals surface area contributed by atoms with Gasteiger partial charge in [0.15, 0.2) is 5.16 Å². The SMILES string of the molecule is CCCN(CCC)C(=O)CSc1nc2scc(-c3ccc(C(C)C)cc3)c2c(=O)[nH]1. The van der Waals surface area contributed by atoms with Gasteiger partial charge < -0.3 is 9.88 Å². The Morgan fingerprint density at radius 1 is 1.17 bits per heavy atom. The lowest BCUT2D eigenvalue weighted by atomic mass is 9.99. The molecule has 0 aliphatic rings. The third-order valence-electron chi connectivity index (χ3n) is 4.98.